The van der Waals surface area contributed by atoms with Gasteiger partial charge in [-0.25, -0.2) is 0 Å². The van der Waals surface area contributed by atoms with Gasteiger partial charge in [-0.15, -0.1) is 0 Å². The van der Waals surface area contributed by atoms with E-state index in [2.05, 4.69) is 5.48 Å². The molecule has 0 saturated carbocycles. The van der Waals surface area contributed by atoms with E-state index >= 15 is 0 Å². The molecule has 0 unspecified atom stereocenters. The normalized spacial score (nSPS) is 9.76. The van der Waals surface area contributed by atoms with Gasteiger partial charge >= 0.3 is 5.97 Å². The lowest BCUT2D eigenvalue weighted by molar-refractivity contribution is -0.137. The number of methoxy groups -OCH3 is 2. The molecule has 0 fully saturated rings. The fourth-order valence-corrected chi connectivity index (χ4v) is 1.17. The summed E-state index contributed by atoms with van der Waals surface area (Å²) in [5.41, 5.74) is 3.29. The second-order valence-corrected chi connectivity index (χ2v) is 3.16. The predicted octanol–water partition coefficient (Wildman–Crippen LogP) is 1.52. The van der Waals surface area contributed by atoms with E-state index in [0.717, 1.165) is 0 Å². The first kappa shape index (κ1) is 13.1. The van der Waals surface area contributed by atoms with Crippen LogP contribution in [0.4, 0.5) is 5.69 Å². The van der Waals surface area contributed by atoms with Crippen LogP contribution < -0.4 is 15.0 Å². The maximum Gasteiger partial charge on any atom is 0.305 e. The Bertz CT molecular complexity index is 380. The van der Waals surface area contributed by atoms with E-state index in [1.54, 1.807) is 25.3 Å². The molecule has 6 nitrogen and oxygen atoms in total. The largest absolute Gasteiger partial charge is 0.493 e. The molecule has 0 spiro atoms. The monoisotopic (exact) mass is 241 g/mol. The zero-order valence-electron chi connectivity index (χ0n) is 9.73. The molecule has 0 aliphatic rings. The van der Waals surface area contributed by atoms with Gasteiger partial charge in [-0.2, -0.15) is 0 Å². The summed E-state index contributed by atoms with van der Waals surface area (Å²) < 4.78 is 10.2. The molecule has 0 aromatic heterocycles. The number of carbonyl (C=O) groups is 1. The first-order chi connectivity index (χ1) is 8.17. The highest BCUT2D eigenvalue weighted by molar-refractivity contribution is 5.66. The van der Waals surface area contributed by atoms with Crippen molar-refractivity contribution in [1.82, 2.24) is 0 Å². The van der Waals surface area contributed by atoms with Crippen LogP contribution in [0.15, 0.2) is 18.2 Å². The Balaban J connectivity index is 2.51. The number of anilines is 1. The Morgan fingerprint density at radius 3 is 2.59 bits per heavy atom. The summed E-state index contributed by atoms with van der Waals surface area (Å²) in [5, 5.41) is 8.42. The molecular weight excluding hydrogens is 226 g/mol. The molecule has 6 heteroatoms. The highest BCUT2D eigenvalue weighted by Crippen LogP contribution is 2.29. The fourth-order valence-electron chi connectivity index (χ4n) is 1.17. The van der Waals surface area contributed by atoms with Gasteiger partial charge in [0.1, 0.15) is 0 Å². The molecule has 0 radical (unpaired) electrons. The van der Waals surface area contributed by atoms with E-state index in [9.17, 15) is 4.79 Å². The average molecular weight is 241 g/mol. The maximum absolute atomic E-state index is 10.3. The molecule has 0 aliphatic heterocycles. The zero-order chi connectivity index (χ0) is 12.7. The number of hydrogen-bond donors (Lipinski definition) is 2. The number of hydrogen-bond acceptors (Lipinski definition) is 5. The van der Waals surface area contributed by atoms with Crippen molar-refractivity contribution in [2.45, 2.75) is 6.42 Å². The number of aliphatic carboxylic acids is 1. The number of carboxylic acid groups (broad SMARTS) is 1. The summed E-state index contributed by atoms with van der Waals surface area (Å²) in [4.78, 5) is 15.2. The molecular formula is C11H15NO5. The molecule has 0 amide bonds. The van der Waals surface area contributed by atoms with Gasteiger partial charge in [0.2, 0.25) is 0 Å². The van der Waals surface area contributed by atoms with E-state index in [4.69, 9.17) is 19.4 Å². The van der Waals surface area contributed by atoms with Gasteiger partial charge in [0, 0.05) is 6.07 Å². The van der Waals surface area contributed by atoms with Gasteiger partial charge in [0.25, 0.3) is 0 Å². The van der Waals surface area contributed by atoms with Crippen LogP contribution in [-0.4, -0.2) is 31.9 Å². The summed E-state index contributed by atoms with van der Waals surface area (Å²) in [5.74, 6) is 0.280. The van der Waals surface area contributed by atoms with Crippen LogP contribution in [0.1, 0.15) is 6.42 Å². The van der Waals surface area contributed by atoms with Crippen molar-refractivity contribution in [2.75, 3.05) is 26.3 Å². The van der Waals surface area contributed by atoms with Crippen LogP contribution in [0.2, 0.25) is 0 Å². The minimum atomic E-state index is -0.904. The minimum absolute atomic E-state index is 0.0553. The molecule has 2 N–H and O–H groups in total. The number of rotatable bonds is 7. The summed E-state index contributed by atoms with van der Waals surface area (Å²) in [7, 11) is 3.08. The summed E-state index contributed by atoms with van der Waals surface area (Å²) >= 11 is 0. The number of ether oxygens (including phenoxy) is 2. The quantitative estimate of drug-likeness (QED) is 0.556. The first-order valence-corrected chi connectivity index (χ1v) is 4.99. The smallest absolute Gasteiger partial charge is 0.305 e. The summed E-state index contributed by atoms with van der Waals surface area (Å²) in [6.45, 7) is 0.0870. The molecule has 0 aliphatic carbocycles. The second kappa shape index (κ2) is 6.59. The van der Waals surface area contributed by atoms with Gasteiger partial charge in [0.05, 0.1) is 32.9 Å². The van der Waals surface area contributed by atoms with Crippen molar-refractivity contribution in [3.63, 3.8) is 0 Å². The fraction of sp³-hybridized carbons (Fsp3) is 0.364. The molecule has 0 saturated heterocycles. The van der Waals surface area contributed by atoms with Crippen molar-refractivity contribution in [3.8, 4) is 11.5 Å². The third-order valence-electron chi connectivity index (χ3n) is 1.99. The van der Waals surface area contributed by atoms with Crippen molar-refractivity contribution in [3.05, 3.63) is 18.2 Å². The SMILES string of the molecule is COc1ccc(NOCCC(=O)O)cc1OC. The van der Waals surface area contributed by atoms with Gasteiger partial charge in [-0.05, 0) is 12.1 Å². The highest BCUT2D eigenvalue weighted by atomic mass is 16.6. The Kier molecular flexibility index (Phi) is 5.09. The predicted molar refractivity (Wildman–Crippen MR) is 61.4 cm³/mol. The van der Waals surface area contributed by atoms with E-state index < -0.39 is 5.97 Å². The van der Waals surface area contributed by atoms with Crippen LogP contribution in [0, 0.1) is 0 Å². The third-order valence-corrected chi connectivity index (χ3v) is 1.99. The summed E-state index contributed by atoms with van der Waals surface area (Å²) in [6, 6.07) is 5.16. The molecule has 0 bridgehead atoms. The van der Waals surface area contributed by atoms with Crippen LogP contribution in [0.3, 0.4) is 0 Å². The third kappa shape index (κ3) is 4.20. The Hall–Kier alpha value is -1.95. The van der Waals surface area contributed by atoms with Crippen molar-refractivity contribution in [2.24, 2.45) is 0 Å². The van der Waals surface area contributed by atoms with Crippen molar-refractivity contribution < 1.29 is 24.2 Å². The highest BCUT2D eigenvalue weighted by Gasteiger charge is 2.04. The summed E-state index contributed by atoms with van der Waals surface area (Å²) in [6.07, 6.45) is -0.0553. The molecule has 1 rings (SSSR count). The molecule has 1 aromatic rings. The lowest BCUT2D eigenvalue weighted by Gasteiger charge is -2.10. The molecule has 17 heavy (non-hydrogen) atoms. The second-order valence-electron chi connectivity index (χ2n) is 3.16. The van der Waals surface area contributed by atoms with Gasteiger partial charge in [0.15, 0.2) is 11.5 Å². The van der Waals surface area contributed by atoms with Crippen LogP contribution >= 0.6 is 0 Å². The lowest BCUT2D eigenvalue weighted by Crippen LogP contribution is -2.07. The van der Waals surface area contributed by atoms with E-state index in [-0.39, 0.29) is 13.0 Å². The lowest BCUT2D eigenvalue weighted by atomic mass is 10.3. The maximum atomic E-state index is 10.3. The van der Waals surface area contributed by atoms with E-state index in [0.29, 0.717) is 17.2 Å². The standard InChI is InChI=1S/C11H15NO5/c1-15-9-4-3-8(7-10(9)16-2)12-17-6-5-11(13)14/h3-4,7,12H,5-6H2,1-2H3,(H,13,14). The van der Waals surface area contributed by atoms with Crippen LogP contribution in [0.5, 0.6) is 11.5 Å². The topological polar surface area (TPSA) is 77.0 Å². The van der Waals surface area contributed by atoms with Gasteiger partial charge in [-0.3, -0.25) is 15.1 Å². The first-order valence-electron chi connectivity index (χ1n) is 4.99. The Labute approximate surface area is 99.1 Å². The minimum Gasteiger partial charge on any atom is -0.493 e. The van der Waals surface area contributed by atoms with Crippen LogP contribution in [0.25, 0.3) is 0 Å². The van der Waals surface area contributed by atoms with Gasteiger partial charge in [-0.1, -0.05) is 0 Å². The van der Waals surface area contributed by atoms with E-state index in [1.807, 2.05) is 0 Å². The van der Waals surface area contributed by atoms with Crippen molar-refractivity contribution in [1.29, 1.82) is 0 Å². The molecule has 0 heterocycles. The number of carboxylic acids is 1. The number of nitrogens with one attached hydrogen (secondary N) is 1. The molecule has 0 atom stereocenters. The Morgan fingerprint density at radius 1 is 1.29 bits per heavy atom. The average Bonchev–Trinajstić information content (AvgIpc) is 2.34. The Morgan fingerprint density at radius 2 is 2.00 bits per heavy atom. The van der Waals surface area contributed by atoms with E-state index in [1.165, 1.54) is 7.11 Å². The van der Waals surface area contributed by atoms with Crippen LogP contribution in [-0.2, 0) is 9.63 Å². The van der Waals surface area contributed by atoms with Gasteiger partial charge < -0.3 is 14.6 Å². The number of benzene rings is 1. The molecule has 1 aromatic carbocycles. The van der Waals surface area contributed by atoms with Crippen molar-refractivity contribution >= 4 is 11.7 Å². The zero-order valence-corrected chi connectivity index (χ0v) is 9.73. The molecule has 94 valence electrons.